The van der Waals surface area contributed by atoms with E-state index < -0.39 is 0 Å². The first kappa shape index (κ1) is 13.4. The number of rotatable bonds is 4. The van der Waals surface area contributed by atoms with Crippen molar-refractivity contribution < 1.29 is 4.74 Å². The second-order valence-corrected chi connectivity index (χ2v) is 6.11. The van der Waals surface area contributed by atoms with Gasteiger partial charge in [-0.1, -0.05) is 47.1 Å². The van der Waals surface area contributed by atoms with Crippen LogP contribution in [0.2, 0.25) is 0 Å². The number of hydrogen-bond donors (Lipinski definition) is 0. The van der Waals surface area contributed by atoms with Crippen LogP contribution in [0.5, 0.6) is 5.75 Å². The first-order valence-electron chi connectivity index (χ1n) is 6.44. The van der Waals surface area contributed by atoms with Gasteiger partial charge in [0.05, 0.1) is 0 Å². The molecular weight excluding hydrogens is 288 g/mol. The first-order chi connectivity index (χ1) is 8.61. The highest BCUT2D eigenvalue weighted by molar-refractivity contribution is 9.09. The van der Waals surface area contributed by atoms with Crippen LogP contribution in [0.25, 0.3) is 10.8 Å². The number of benzene rings is 2. The molecule has 0 spiro atoms. The molecule has 0 radical (unpaired) electrons. The summed E-state index contributed by atoms with van der Waals surface area (Å²) in [5, 5.41) is 2.51. The Morgan fingerprint density at radius 2 is 1.72 bits per heavy atom. The molecule has 96 valence electrons. The molecule has 0 saturated heterocycles. The Balaban J connectivity index is 2.41. The summed E-state index contributed by atoms with van der Waals surface area (Å²) in [6.07, 6.45) is 1.15. The van der Waals surface area contributed by atoms with Crippen LogP contribution in [0.3, 0.4) is 0 Å². The van der Waals surface area contributed by atoms with Crippen molar-refractivity contribution in [1.29, 1.82) is 0 Å². The molecule has 0 fully saturated rings. The minimum Gasteiger partial charge on any atom is -0.489 e. The Morgan fingerprint density at radius 1 is 1.11 bits per heavy atom. The minimum absolute atomic E-state index is 0.163. The van der Waals surface area contributed by atoms with E-state index >= 15 is 0 Å². The van der Waals surface area contributed by atoms with Gasteiger partial charge in [-0.05, 0) is 48.7 Å². The maximum Gasteiger partial charge on any atom is 0.123 e. The molecule has 0 amide bonds. The van der Waals surface area contributed by atoms with Crippen LogP contribution in [0, 0.1) is 0 Å². The second-order valence-electron chi connectivity index (χ2n) is 4.66. The van der Waals surface area contributed by atoms with E-state index in [-0.39, 0.29) is 6.10 Å². The lowest BCUT2D eigenvalue weighted by molar-refractivity contribution is 0.223. The van der Waals surface area contributed by atoms with Crippen molar-refractivity contribution in [1.82, 2.24) is 0 Å². The van der Waals surface area contributed by atoms with Crippen molar-refractivity contribution >= 4 is 26.7 Å². The quantitative estimate of drug-likeness (QED) is 0.726. The molecule has 0 saturated carbocycles. The van der Waals surface area contributed by atoms with E-state index in [0.29, 0.717) is 4.83 Å². The van der Waals surface area contributed by atoms with Crippen molar-refractivity contribution in [2.75, 3.05) is 0 Å². The predicted octanol–water partition coefficient (Wildman–Crippen LogP) is 4.95. The van der Waals surface area contributed by atoms with E-state index in [1.807, 2.05) is 0 Å². The number of alkyl halides is 1. The summed E-state index contributed by atoms with van der Waals surface area (Å²) in [6, 6.07) is 12.8. The highest BCUT2D eigenvalue weighted by Gasteiger charge is 2.13. The van der Waals surface area contributed by atoms with Gasteiger partial charge in [0.2, 0.25) is 0 Å². The third-order valence-electron chi connectivity index (χ3n) is 3.27. The van der Waals surface area contributed by atoms with Gasteiger partial charge < -0.3 is 4.74 Å². The maximum atomic E-state index is 6.06. The van der Waals surface area contributed by atoms with Crippen molar-refractivity contribution in [3.05, 3.63) is 42.0 Å². The molecule has 0 heterocycles. The largest absolute Gasteiger partial charge is 0.489 e. The van der Waals surface area contributed by atoms with Gasteiger partial charge in [-0.15, -0.1) is 0 Å². The van der Waals surface area contributed by atoms with E-state index in [0.717, 1.165) is 12.2 Å². The molecular formula is C16H19BrO. The Hall–Kier alpha value is -1.02. The van der Waals surface area contributed by atoms with Gasteiger partial charge in [-0.3, -0.25) is 0 Å². The van der Waals surface area contributed by atoms with Gasteiger partial charge in [0, 0.05) is 4.83 Å². The highest BCUT2D eigenvalue weighted by Crippen LogP contribution is 2.28. The average molecular weight is 307 g/mol. The van der Waals surface area contributed by atoms with Crippen LogP contribution in [0.15, 0.2) is 36.4 Å². The Bertz CT molecular complexity index is 534. The fourth-order valence-electron chi connectivity index (χ4n) is 1.95. The fraction of sp³-hybridized carbons (Fsp3) is 0.375. The van der Waals surface area contributed by atoms with Gasteiger partial charge in [-0.25, -0.2) is 0 Å². The lowest BCUT2D eigenvalue weighted by atomic mass is 10.0. The normalized spacial score (nSPS) is 14.4. The number of ether oxygens (including phenoxy) is 1. The van der Waals surface area contributed by atoms with Crippen molar-refractivity contribution in [2.45, 2.75) is 38.1 Å². The Morgan fingerprint density at radius 3 is 2.28 bits per heavy atom. The molecule has 2 heteroatoms. The first-order valence-corrected chi connectivity index (χ1v) is 7.35. The number of fused-ring (bicyclic) bond motifs is 1. The second kappa shape index (κ2) is 5.75. The molecule has 0 aliphatic carbocycles. The topological polar surface area (TPSA) is 9.23 Å². The van der Waals surface area contributed by atoms with Crippen molar-refractivity contribution in [3.63, 3.8) is 0 Å². The van der Waals surface area contributed by atoms with Crippen molar-refractivity contribution in [2.24, 2.45) is 0 Å². The molecule has 0 aliphatic rings. The molecule has 1 unspecified atom stereocenters. The van der Waals surface area contributed by atoms with Gasteiger partial charge >= 0.3 is 0 Å². The Kier molecular flexibility index (Phi) is 4.28. The predicted molar refractivity (Wildman–Crippen MR) is 81.8 cm³/mol. The Labute approximate surface area is 117 Å². The molecule has 2 rings (SSSR count). The van der Waals surface area contributed by atoms with E-state index in [2.05, 4.69) is 73.1 Å². The number of hydrogen-bond acceptors (Lipinski definition) is 1. The zero-order valence-electron chi connectivity index (χ0n) is 11.1. The molecule has 2 atom stereocenters. The summed E-state index contributed by atoms with van der Waals surface area (Å²) in [4.78, 5) is 0.341. The monoisotopic (exact) mass is 306 g/mol. The van der Waals surface area contributed by atoms with E-state index in [4.69, 9.17) is 4.74 Å². The molecule has 1 nitrogen and oxygen atoms in total. The van der Waals surface area contributed by atoms with E-state index in [1.165, 1.54) is 16.3 Å². The van der Waals surface area contributed by atoms with E-state index in [9.17, 15) is 0 Å². The summed E-state index contributed by atoms with van der Waals surface area (Å²) in [6.45, 7) is 6.37. The molecule has 18 heavy (non-hydrogen) atoms. The van der Waals surface area contributed by atoms with Crippen LogP contribution >= 0.6 is 15.9 Å². The summed E-state index contributed by atoms with van der Waals surface area (Å²) < 4.78 is 6.06. The van der Waals surface area contributed by atoms with Crippen LogP contribution in [0.4, 0.5) is 0 Å². The fourth-order valence-corrected chi connectivity index (χ4v) is 2.05. The number of halogens is 1. The molecule has 0 bridgehead atoms. The zero-order valence-corrected chi connectivity index (χ0v) is 12.7. The minimum atomic E-state index is 0.163. The van der Waals surface area contributed by atoms with Crippen molar-refractivity contribution in [3.8, 4) is 5.75 Å². The maximum absolute atomic E-state index is 6.06. The highest BCUT2D eigenvalue weighted by atomic mass is 79.9. The standard InChI is InChI=1S/C16H19BrO/c1-4-13-9-14-7-5-6-8-15(14)10-16(13)18-12(3)11(2)17/h5-12H,4H2,1-3H3/t11-,12?/m1/s1. The summed E-state index contributed by atoms with van der Waals surface area (Å²) >= 11 is 3.57. The zero-order chi connectivity index (χ0) is 13.1. The van der Waals surface area contributed by atoms with Gasteiger partial charge in [0.1, 0.15) is 11.9 Å². The average Bonchev–Trinajstić information content (AvgIpc) is 2.37. The van der Waals surface area contributed by atoms with E-state index in [1.54, 1.807) is 0 Å². The van der Waals surface area contributed by atoms with Gasteiger partial charge in [0.15, 0.2) is 0 Å². The van der Waals surface area contributed by atoms with Crippen LogP contribution in [-0.4, -0.2) is 10.9 Å². The van der Waals surface area contributed by atoms with Crippen LogP contribution in [0.1, 0.15) is 26.3 Å². The van der Waals surface area contributed by atoms with Crippen LogP contribution in [-0.2, 0) is 6.42 Å². The molecule has 2 aromatic carbocycles. The third kappa shape index (κ3) is 2.86. The van der Waals surface area contributed by atoms with Crippen LogP contribution < -0.4 is 4.74 Å². The van der Waals surface area contributed by atoms with Gasteiger partial charge in [0.25, 0.3) is 0 Å². The number of aryl methyl sites for hydroxylation is 1. The summed E-state index contributed by atoms with van der Waals surface area (Å²) in [7, 11) is 0. The van der Waals surface area contributed by atoms with Gasteiger partial charge in [-0.2, -0.15) is 0 Å². The lowest BCUT2D eigenvalue weighted by Crippen LogP contribution is -2.21. The lowest BCUT2D eigenvalue weighted by Gasteiger charge is -2.19. The molecule has 0 aliphatic heterocycles. The SMILES string of the molecule is CCc1cc2ccccc2cc1OC(C)[C@@H](C)Br. The smallest absolute Gasteiger partial charge is 0.123 e. The molecule has 2 aromatic rings. The molecule has 0 aromatic heterocycles. The third-order valence-corrected chi connectivity index (χ3v) is 4.01. The molecule has 0 N–H and O–H groups in total. The summed E-state index contributed by atoms with van der Waals surface area (Å²) in [5.41, 5.74) is 1.27. The summed E-state index contributed by atoms with van der Waals surface area (Å²) in [5.74, 6) is 1.01.